The fourth-order valence-electron chi connectivity index (χ4n) is 4.28. The number of halogens is 3. The highest BCUT2D eigenvalue weighted by atomic mass is 35.5. The second kappa shape index (κ2) is 9.28. The van der Waals surface area contributed by atoms with Crippen molar-refractivity contribution in [1.82, 2.24) is 19.3 Å². The lowest BCUT2D eigenvalue weighted by molar-refractivity contribution is 0.585. The van der Waals surface area contributed by atoms with Crippen molar-refractivity contribution in [2.24, 2.45) is 7.05 Å². The van der Waals surface area contributed by atoms with Crippen molar-refractivity contribution in [3.8, 4) is 27.9 Å². The molecule has 0 radical (unpaired) electrons. The molecule has 0 saturated heterocycles. The third-order valence-corrected chi connectivity index (χ3v) is 8.12. The van der Waals surface area contributed by atoms with Gasteiger partial charge in [0.2, 0.25) is 10.0 Å². The van der Waals surface area contributed by atoms with Crippen LogP contribution in [-0.4, -0.2) is 33.0 Å². The van der Waals surface area contributed by atoms with Crippen LogP contribution in [0, 0.1) is 11.6 Å². The molecule has 3 aromatic carbocycles. The Morgan fingerprint density at radius 2 is 1.78 bits per heavy atom. The lowest BCUT2D eigenvalue weighted by Crippen LogP contribution is -2.17. The first-order chi connectivity index (χ1) is 17.3. The highest BCUT2D eigenvalue weighted by molar-refractivity contribution is 7.93. The Morgan fingerprint density at radius 1 is 0.973 bits per heavy atom. The summed E-state index contributed by atoms with van der Waals surface area (Å²) in [5, 5.41) is 3.79. The van der Waals surface area contributed by atoms with E-state index in [-0.39, 0.29) is 18.0 Å². The Kier molecular flexibility index (Phi) is 6.25. The summed E-state index contributed by atoms with van der Waals surface area (Å²) in [5.74, 6) is -1.42. The fourth-order valence-corrected chi connectivity index (χ4v) is 5.65. The van der Waals surface area contributed by atoms with Gasteiger partial charge in [0.15, 0.2) is 0 Å². The molecule has 37 heavy (non-hydrogen) atoms. The van der Waals surface area contributed by atoms with Crippen molar-refractivity contribution >= 4 is 39.2 Å². The van der Waals surface area contributed by atoms with Gasteiger partial charge in [-0.3, -0.25) is 14.0 Å². The summed E-state index contributed by atoms with van der Waals surface area (Å²) in [5.41, 5.74) is 4.89. The molecule has 0 bridgehead atoms. The topological polar surface area (TPSA) is 81.8 Å². The van der Waals surface area contributed by atoms with Gasteiger partial charge in [-0.15, -0.1) is 12.4 Å². The van der Waals surface area contributed by atoms with Crippen molar-refractivity contribution in [1.29, 1.82) is 0 Å². The number of sulfonamides is 1. The number of anilines is 1. The van der Waals surface area contributed by atoms with Crippen LogP contribution >= 0.6 is 12.4 Å². The van der Waals surface area contributed by atoms with Crippen molar-refractivity contribution in [2.75, 3.05) is 4.72 Å². The number of nitrogens with zero attached hydrogens (tertiary/aromatic N) is 4. The maximum absolute atomic E-state index is 14.7. The van der Waals surface area contributed by atoms with E-state index >= 15 is 0 Å². The lowest BCUT2D eigenvalue weighted by Gasteiger charge is -2.14. The summed E-state index contributed by atoms with van der Waals surface area (Å²) >= 11 is 0. The van der Waals surface area contributed by atoms with Crippen molar-refractivity contribution in [3.63, 3.8) is 0 Å². The molecule has 0 aliphatic heterocycles. The van der Waals surface area contributed by atoms with Gasteiger partial charge in [0.1, 0.15) is 18.0 Å². The van der Waals surface area contributed by atoms with E-state index in [1.807, 2.05) is 36.0 Å². The van der Waals surface area contributed by atoms with E-state index in [0.717, 1.165) is 28.2 Å². The number of aryl methyl sites for hydroxylation is 1. The van der Waals surface area contributed by atoms with Gasteiger partial charge in [0.05, 0.1) is 28.2 Å². The first kappa shape index (κ1) is 24.9. The number of hydrogen-bond acceptors (Lipinski definition) is 4. The van der Waals surface area contributed by atoms with E-state index in [2.05, 4.69) is 14.8 Å². The number of rotatable bonds is 6. The normalized spacial score (nSPS) is 13.5. The van der Waals surface area contributed by atoms with E-state index in [0.29, 0.717) is 29.8 Å². The molecule has 0 unspecified atom stereocenters. The van der Waals surface area contributed by atoms with Crippen LogP contribution in [0.2, 0.25) is 0 Å². The van der Waals surface area contributed by atoms with Crippen LogP contribution in [0.4, 0.5) is 14.5 Å². The molecule has 2 heterocycles. The van der Waals surface area contributed by atoms with Crippen LogP contribution < -0.4 is 4.72 Å². The molecule has 1 fully saturated rings. The summed E-state index contributed by atoms with van der Waals surface area (Å²) in [7, 11) is -1.70. The largest absolute Gasteiger partial charge is 0.299 e. The molecule has 1 aliphatic rings. The minimum absolute atomic E-state index is 0. The molecular weight excluding hydrogens is 520 g/mol. The van der Waals surface area contributed by atoms with Crippen LogP contribution in [0.3, 0.4) is 0 Å². The molecule has 2 aromatic heterocycles. The molecule has 190 valence electrons. The van der Waals surface area contributed by atoms with Crippen LogP contribution in [0.25, 0.3) is 39.0 Å². The summed E-state index contributed by atoms with van der Waals surface area (Å²) < 4.78 is 59.7. The zero-order chi connectivity index (χ0) is 25.0. The maximum atomic E-state index is 14.7. The summed E-state index contributed by atoms with van der Waals surface area (Å²) in [6.07, 6.45) is 6.55. The van der Waals surface area contributed by atoms with Crippen LogP contribution in [0.1, 0.15) is 12.8 Å². The van der Waals surface area contributed by atoms with Crippen molar-refractivity contribution in [2.45, 2.75) is 18.1 Å². The third-order valence-electron chi connectivity index (χ3n) is 6.25. The van der Waals surface area contributed by atoms with Crippen molar-refractivity contribution in [3.05, 3.63) is 85.0 Å². The fraction of sp³-hybridized carbons (Fsp3) is 0.154. The standard InChI is InChI=1S/C26H21F2N5O2S.ClH/c1-32-14-18(13-30-32)16-2-7-26-25(10-16)29-15-33(26)21-9-17(23-6-3-19(27)11-24(23)28)8-20(12-21)31-36(34,35)22-4-5-22;/h2-3,6-15,22,31H,4-5H2,1H3;1H. The van der Waals surface area contributed by atoms with Crippen molar-refractivity contribution < 1.29 is 17.2 Å². The Morgan fingerprint density at radius 3 is 2.49 bits per heavy atom. The molecular formula is C26H22ClF2N5O2S. The third kappa shape index (κ3) is 4.82. The Labute approximate surface area is 218 Å². The highest BCUT2D eigenvalue weighted by Crippen LogP contribution is 2.34. The maximum Gasteiger partial charge on any atom is 0.235 e. The molecule has 1 aliphatic carbocycles. The van der Waals surface area contributed by atoms with Crippen LogP contribution in [0.5, 0.6) is 0 Å². The summed E-state index contributed by atoms with van der Waals surface area (Å²) in [6.45, 7) is 0. The van der Waals surface area contributed by atoms with E-state index in [4.69, 9.17) is 0 Å². The Bertz CT molecular complexity index is 1750. The summed E-state index contributed by atoms with van der Waals surface area (Å²) in [4.78, 5) is 4.54. The predicted octanol–water partition coefficient (Wildman–Crippen LogP) is 5.70. The molecule has 0 spiro atoms. The Balaban J connectivity index is 0.00000280. The minimum atomic E-state index is -3.55. The van der Waals surface area contributed by atoms with E-state index in [1.165, 1.54) is 12.1 Å². The van der Waals surface area contributed by atoms with E-state index in [1.54, 1.807) is 35.4 Å². The molecule has 5 aromatic rings. The summed E-state index contributed by atoms with van der Waals surface area (Å²) in [6, 6.07) is 14.1. The average molecular weight is 542 g/mol. The number of benzene rings is 3. The van der Waals surface area contributed by atoms with Gasteiger partial charge in [-0.25, -0.2) is 22.2 Å². The smallest absolute Gasteiger partial charge is 0.235 e. The molecule has 0 atom stereocenters. The van der Waals surface area contributed by atoms with E-state index < -0.39 is 26.9 Å². The second-order valence-corrected chi connectivity index (χ2v) is 10.9. The number of fused-ring (bicyclic) bond motifs is 1. The zero-order valence-electron chi connectivity index (χ0n) is 19.6. The van der Waals surface area contributed by atoms with Gasteiger partial charge in [-0.1, -0.05) is 6.07 Å². The second-order valence-electron chi connectivity index (χ2n) is 8.96. The average Bonchev–Trinajstić information content (AvgIpc) is 3.49. The van der Waals surface area contributed by atoms with Gasteiger partial charge < -0.3 is 0 Å². The SMILES string of the molecule is Cl.Cn1cc(-c2ccc3c(c2)ncn3-c2cc(NS(=O)(=O)C3CC3)cc(-c3ccc(F)cc3F)c2)cn1. The minimum Gasteiger partial charge on any atom is -0.299 e. The van der Waals surface area contributed by atoms with Crippen LogP contribution in [-0.2, 0) is 17.1 Å². The van der Waals surface area contributed by atoms with Gasteiger partial charge in [0, 0.05) is 36.1 Å². The predicted molar refractivity (Wildman–Crippen MR) is 141 cm³/mol. The molecule has 6 rings (SSSR count). The molecule has 1 N–H and O–H groups in total. The molecule has 11 heteroatoms. The monoisotopic (exact) mass is 541 g/mol. The van der Waals surface area contributed by atoms with Gasteiger partial charge in [-0.2, -0.15) is 5.10 Å². The number of imidazole rings is 1. The molecule has 0 amide bonds. The van der Waals surface area contributed by atoms with E-state index in [9.17, 15) is 17.2 Å². The number of aromatic nitrogens is 4. The number of nitrogens with one attached hydrogen (secondary N) is 1. The Hall–Kier alpha value is -3.76. The first-order valence-corrected chi connectivity index (χ1v) is 12.9. The highest BCUT2D eigenvalue weighted by Gasteiger charge is 2.35. The zero-order valence-corrected chi connectivity index (χ0v) is 21.2. The van der Waals surface area contributed by atoms with Gasteiger partial charge >= 0.3 is 0 Å². The van der Waals surface area contributed by atoms with Gasteiger partial charge in [-0.05, 0) is 66.4 Å². The quantitative estimate of drug-likeness (QED) is 0.299. The molecule has 1 saturated carbocycles. The first-order valence-electron chi connectivity index (χ1n) is 11.4. The number of hydrogen-bond donors (Lipinski definition) is 1. The lowest BCUT2D eigenvalue weighted by atomic mass is 10.0. The van der Waals surface area contributed by atoms with Gasteiger partial charge in [0.25, 0.3) is 0 Å². The van der Waals surface area contributed by atoms with Crippen LogP contribution in [0.15, 0.2) is 73.3 Å². The molecule has 7 nitrogen and oxygen atoms in total.